The van der Waals surface area contributed by atoms with Gasteiger partial charge in [-0.2, -0.15) is 0 Å². The predicted molar refractivity (Wildman–Crippen MR) is 55.0 cm³/mol. The average molecular weight is 213 g/mol. The molecule has 4 heteroatoms. The summed E-state index contributed by atoms with van der Waals surface area (Å²) in [6, 6.07) is 6.51. The lowest BCUT2D eigenvalue weighted by atomic mass is 10.1. The van der Waals surface area contributed by atoms with Crippen molar-refractivity contribution in [2.75, 3.05) is 18.1 Å². The minimum Gasteiger partial charge on any atom is -0.308 e. The summed E-state index contributed by atoms with van der Waals surface area (Å²) >= 11 is 0. The lowest BCUT2D eigenvalue weighted by Crippen LogP contribution is -2.36. The Hall–Kier alpha value is -0.740. The normalized spacial score (nSPS) is 27.5. The molecule has 14 heavy (non-hydrogen) atoms. The maximum atomic E-state index is 12.9. The number of hydrogen-bond donors (Lipinski definition) is 1. The minimum absolute atomic E-state index is 0.0419. The van der Waals surface area contributed by atoms with Crippen LogP contribution in [0.5, 0.6) is 0 Å². The fraction of sp³-hybridized carbons (Fsp3) is 0.400. The Morgan fingerprint density at radius 1 is 1.50 bits per heavy atom. The molecule has 0 amide bonds. The van der Waals surface area contributed by atoms with Gasteiger partial charge in [0.15, 0.2) is 0 Å². The van der Waals surface area contributed by atoms with E-state index in [1.54, 1.807) is 6.07 Å². The molecule has 0 aliphatic carbocycles. The fourth-order valence-electron chi connectivity index (χ4n) is 1.61. The van der Waals surface area contributed by atoms with Crippen LogP contribution < -0.4 is 5.32 Å². The van der Waals surface area contributed by atoms with Crippen molar-refractivity contribution in [3.05, 3.63) is 35.6 Å². The molecule has 1 saturated heterocycles. The van der Waals surface area contributed by atoms with E-state index in [0.29, 0.717) is 11.5 Å². The van der Waals surface area contributed by atoms with Crippen molar-refractivity contribution in [2.45, 2.75) is 6.04 Å². The zero-order valence-corrected chi connectivity index (χ0v) is 8.52. The molecule has 0 spiro atoms. The molecule has 2 atom stereocenters. The molecule has 1 aromatic rings. The van der Waals surface area contributed by atoms with Gasteiger partial charge >= 0.3 is 0 Å². The van der Waals surface area contributed by atoms with E-state index in [1.807, 2.05) is 6.07 Å². The highest BCUT2D eigenvalue weighted by Gasteiger charge is 2.19. The Balaban J connectivity index is 2.17. The second kappa shape index (κ2) is 4.19. The van der Waals surface area contributed by atoms with Crippen molar-refractivity contribution in [3.63, 3.8) is 0 Å². The summed E-state index contributed by atoms with van der Waals surface area (Å²) in [5, 5.41) is 3.23. The van der Waals surface area contributed by atoms with E-state index in [1.165, 1.54) is 12.1 Å². The summed E-state index contributed by atoms with van der Waals surface area (Å²) < 4.78 is 24.2. The van der Waals surface area contributed by atoms with Gasteiger partial charge in [0.2, 0.25) is 0 Å². The first-order chi connectivity index (χ1) is 6.75. The van der Waals surface area contributed by atoms with Crippen molar-refractivity contribution in [1.82, 2.24) is 5.32 Å². The minimum atomic E-state index is -0.762. The van der Waals surface area contributed by atoms with Crippen LogP contribution in [0.3, 0.4) is 0 Å². The Kier molecular flexibility index (Phi) is 2.93. The summed E-state index contributed by atoms with van der Waals surface area (Å²) in [6.07, 6.45) is 0. The third-order valence-electron chi connectivity index (χ3n) is 2.32. The molecule has 1 fully saturated rings. The van der Waals surface area contributed by atoms with Crippen LogP contribution in [-0.4, -0.2) is 22.3 Å². The summed E-state index contributed by atoms with van der Waals surface area (Å²) in [6.45, 7) is 0.744. The van der Waals surface area contributed by atoms with E-state index in [0.717, 1.165) is 12.1 Å². The first kappa shape index (κ1) is 9.80. The number of nitrogens with one attached hydrogen (secondary N) is 1. The fourth-order valence-corrected chi connectivity index (χ4v) is 2.81. The van der Waals surface area contributed by atoms with Gasteiger partial charge in [-0.1, -0.05) is 12.1 Å². The smallest absolute Gasteiger partial charge is 0.123 e. The zero-order valence-electron chi connectivity index (χ0n) is 7.70. The molecule has 0 aromatic heterocycles. The zero-order chi connectivity index (χ0) is 9.97. The Morgan fingerprint density at radius 2 is 2.36 bits per heavy atom. The van der Waals surface area contributed by atoms with Gasteiger partial charge < -0.3 is 5.32 Å². The van der Waals surface area contributed by atoms with Gasteiger partial charge in [-0.15, -0.1) is 0 Å². The average Bonchev–Trinajstić information content (AvgIpc) is 2.18. The van der Waals surface area contributed by atoms with Gasteiger partial charge in [0.1, 0.15) is 5.82 Å². The Morgan fingerprint density at radius 3 is 3.07 bits per heavy atom. The lowest BCUT2D eigenvalue weighted by molar-refractivity contribution is 0.564. The molecule has 1 aromatic carbocycles. The third kappa shape index (κ3) is 2.19. The standard InChI is InChI=1S/C10H12FNOS/c11-9-3-1-2-8(6-9)10-7-14(13)5-4-12-10/h1-3,6,10,12H,4-5,7H2. The Bertz CT molecular complexity index is 356. The van der Waals surface area contributed by atoms with Crippen LogP contribution in [0.15, 0.2) is 24.3 Å². The van der Waals surface area contributed by atoms with Crippen LogP contribution in [0.4, 0.5) is 4.39 Å². The van der Waals surface area contributed by atoms with Gasteiger partial charge in [-0.25, -0.2) is 4.39 Å². The number of halogens is 1. The molecule has 2 rings (SSSR count). The third-order valence-corrected chi connectivity index (χ3v) is 3.69. The molecule has 0 radical (unpaired) electrons. The molecular weight excluding hydrogens is 201 g/mol. The van der Waals surface area contributed by atoms with Crippen molar-refractivity contribution < 1.29 is 8.60 Å². The highest BCUT2D eigenvalue weighted by atomic mass is 32.2. The van der Waals surface area contributed by atoms with Crippen LogP contribution in [0.2, 0.25) is 0 Å². The van der Waals surface area contributed by atoms with Gasteiger partial charge in [-0.3, -0.25) is 4.21 Å². The molecule has 76 valence electrons. The van der Waals surface area contributed by atoms with Gasteiger partial charge in [0.05, 0.1) is 0 Å². The van der Waals surface area contributed by atoms with E-state index < -0.39 is 10.8 Å². The number of hydrogen-bond acceptors (Lipinski definition) is 2. The van der Waals surface area contributed by atoms with Crippen LogP contribution >= 0.6 is 0 Å². The molecule has 1 aliphatic rings. The van der Waals surface area contributed by atoms with E-state index in [4.69, 9.17) is 0 Å². The molecule has 1 N–H and O–H groups in total. The molecule has 2 unspecified atom stereocenters. The Labute approximate surface area is 85.0 Å². The van der Waals surface area contributed by atoms with E-state index in [2.05, 4.69) is 5.32 Å². The predicted octanol–water partition coefficient (Wildman–Crippen LogP) is 1.22. The van der Waals surface area contributed by atoms with Crippen molar-refractivity contribution in [2.24, 2.45) is 0 Å². The highest BCUT2D eigenvalue weighted by molar-refractivity contribution is 7.85. The summed E-state index contributed by atoms with van der Waals surface area (Å²) in [7, 11) is -0.762. The second-order valence-electron chi connectivity index (χ2n) is 3.37. The molecular formula is C10H12FNOS. The number of rotatable bonds is 1. The maximum absolute atomic E-state index is 12.9. The van der Waals surface area contributed by atoms with Crippen LogP contribution in [0.1, 0.15) is 11.6 Å². The first-order valence-electron chi connectivity index (χ1n) is 4.59. The van der Waals surface area contributed by atoms with Crippen LogP contribution in [0.25, 0.3) is 0 Å². The maximum Gasteiger partial charge on any atom is 0.123 e. The molecule has 0 bridgehead atoms. The molecule has 1 aliphatic heterocycles. The van der Waals surface area contributed by atoms with Crippen molar-refractivity contribution >= 4 is 10.8 Å². The van der Waals surface area contributed by atoms with Crippen molar-refractivity contribution in [3.8, 4) is 0 Å². The highest BCUT2D eigenvalue weighted by Crippen LogP contribution is 2.17. The van der Waals surface area contributed by atoms with Gasteiger partial charge in [0.25, 0.3) is 0 Å². The SMILES string of the molecule is O=S1CCNC(c2cccc(F)c2)C1. The first-order valence-corrected chi connectivity index (χ1v) is 6.08. The lowest BCUT2D eigenvalue weighted by Gasteiger charge is -2.23. The van der Waals surface area contributed by atoms with E-state index >= 15 is 0 Å². The van der Waals surface area contributed by atoms with Gasteiger partial charge in [-0.05, 0) is 17.7 Å². The summed E-state index contributed by atoms with van der Waals surface area (Å²) in [5.74, 6) is 1.05. The second-order valence-corrected chi connectivity index (χ2v) is 4.99. The molecule has 2 nitrogen and oxygen atoms in total. The number of benzene rings is 1. The summed E-state index contributed by atoms with van der Waals surface area (Å²) in [4.78, 5) is 0. The van der Waals surface area contributed by atoms with Crippen molar-refractivity contribution in [1.29, 1.82) is 0 Å². The van der Waals surface area contributed by atoms with E-state index in [-0.39, 0.29) is 11.9 Å². The molecule has 1 heterocycles. The van der Waals surface area contributed by atoms with Gasteiger partial charge in [0, 0.05) is 34.9 Å². The quantitative estimate of drug-likeness (QED) is 0.760. The molecule has 0 saturated carbocycles. The van der Waals surface area contributed by atoms with E-state index in [9.17, 15) is 8.60 Å². The monoisotopic (exact) mass is 213 g/mol. The topological polar surface area (TPSA) is 29.1 Å². The van der Waals surface area contributed by atoms with Crippen LogP contribution in [-0.2, 0) is 10.8 Å². The summed E-state index contributed by atoms with van der Waals surface area (Å²) in [5.41, 5.74) is 0.887. The largest absolute Gasteiger partial charge is 0.308 e. The van der Waals surface area contributed by atoms with Crippen LogP contribution in [0, 0.1) is 5.82 Å².